The summed E-state index contributed by atoms with van der Waals surface area (Å²) in [6, 6.07) is 15.9. The Kier molecular flexibility index (Phi) is 4.63. The maximum absolute atomic E-state index is 12.9. The Morgan fingerprint density at radius 2 is 1.73 bits per heavy atom. The number of hydrogen-bond acceptors (Lipinski definition) is 3. The number of carbonyl (C=O) groups is 1. The van der Waals surface area contributed by atoms with Gasteiger partial charge >= 0.3 is 0 Å². The molecule has 5 heteroatoms. The van der Waals surface area contributed by atoms with Crippen LogP contribution in [0.3, 0.4) is 0 Å². The van der Waals surface area contributed by atoms with E-state index < -0.39 is 5.41 Å². The summed E-state index contributed by atoms with van der Waals surface area (Å²) in [6.07, 6.45) is 1.75. The van der Waals surface area contributed by atoms with Crippen LogP contribution >= 0.6 is 11.6 Å². The van der Waals surface area contributed by atoms with Crippen molar-refractivity contribution in [3.63, 3.8) is 0 Å². The van der Waals surface area contributed by atoms with E-state index in [1.165, 1.54) is 5.69 Å². The quantitative estimate of drug-likeness (QED) is 0.891. The summed E-state index contributed by atoms with van der Waals surface area (Å²) in [5.74, 6) is 0.0621. The number of nitrogens with one attached hydrogen (secondary N) is 1. The van der Waals surface area contributed by atoms with Crippen molar-refractivity contribution in [2.45, 2.75) is 18.3 Å². The second-order valence-electron chi connectivity index (χ2n) is 7.38. The number of benzene rings is 2. The lowest BCUT2D eigenvalue weighted by Crippen LogP contribution is -2.44. The molecule has 1 aliphatic heterocycles. The normalized spacial score (nSPS) is 19.2. The van der Waals surface area contributed by atoms with Gasteiger partial charge in [-0.25, -0.2) is 0 Å². The minimum atomic E-state index is -0.416. The van der Waals surface area contributed by atoms with Crippen LogP contribution in [0.25, 0.3) is 0 Å². The SMILES string of the molecule is CN1CCN(c2ccc(NC(=O)C3(c4cccc(Cl)c4)CC3)cc2)CC1. The van der Waals surface area contributed by atoms with E-state index in [0.717, 1.165) is 50.3 Å². The molecule has 1 saturated carbocycles. The Labute approximate surface area is 159 Å². The average Bonchev–Trinajstić information content (AvgIpc) is 3.45. The van der Waals surface area contributed by atoms with E-state index >= 15 is 0 Å². The topological polar surface area (TPSA) is 35.6 Å². The van der Waals surface area contributed by atoms with Crippen LogP contribution in [0.15, 0.2) is 48.5 Å². The molecular formula is C21H24ClN3O. The van der Waals surface area contributed by atoms with Crippen LogP contribution in [0, 0.1) is 0 Å². The molecule has 0 atom stereocenters. The van der Waals surface area contributed by atoms with Crippen molar-refractivity contribution >= 4 is 28.9 Å². The van der Waals surface area contributed by atoms with Crippen LogP contribution in [0.5, 0.6) is 0 Å². The fourth-order valence-electron chi connectivity index (χ4n) is 3.63. The largest absolute Gasteiger partial charge is 0.369 e. The molecule has 1 aliphatic carbocycles. The molecule has 0 spiro atoms. The molecule has 0 aromatic heterocycles. The van der Waals surface area contributed by atoms with Crippen molar-refractivity contribution in [2.24, 2.45) is 0 Å². The molecular weight excluding hydrogens is 346 g/mol. The van der Waals surface area contributed by atoms with Crippen LogP contribution in [-0.4, -0.2) is 44.0 Å². The molecule has 4 rings (SSSR count). The number of anilines is 2. The van der Waals surface area contributed by atoms with Crippen molar-refractivity contribution in [3.8, 4) is 0 Å². The number of amides is 1. The van der Waals surface area contributed by atoms with E-state index in [4.69, 9.17) is 11.6 Å². The fourth-order valence-corrected chi connectivity index (χ4v) is 3.82. The van der Waals surface area contributed by atoms with E-state index in [9.17, 15) is 4.79 Å². The molecule has 4 nitrogen and oxygen atoms in total. The summed E-state index contributed by atoms with van der Waals surface area (Å²) in [6.45, 7) is 4.25. The number of halogens is 1. The number of hydrogen-bond donors (Lipinski definition) is 1. The fraction of sp³-hybridized carbons (Fsp3) is 0.381. The van der Waals surface area contributed by atoms with Crippen molar-refractivity contribution in [1.82, 2.24) is 4.90 Å². The van der Waals surface area contributed by atoms with Crippen LogP contribution in [-0.2, 0) is 10.2 Å². The zero-order valence-corrected chi connectivity index (χ0v) is 15.8. The van der Waals surface area contributed by atoms with Gasteiger partial charge < -0.3 is 15.1 Å². The molecule has 1 saturated heterocycles. The molecule has 136 valence electrons. The van der Waals surface area contributed by atoms with Gasteiger partial charge in [-0.2, -0.15) is 0 Å². The van der Waals surface area contributed by atoms with E-state index in [1.54, 1.807) is 0 Å². The lowest BCUT2D eigenvalue weighted by molar-refractivity contribution is -0.118. The minimum Gasteiger partial charge on any atom is -0.369 e. The highest BCUT2D eigenvalue weighted by Gasteiger charge is 2.51. The van der Waals surface area contributed by atoms with Crippen LogP contribution in [0.1, 0.15) is 18.4 Å². The number of piperazine rings is 1. The van der Waals surface area contributed by atoms with Crippen molar-refractivity contribution in [2.75, 3.05) is 43.4 Å². The standard InChI is InChI=1S/C21H24ClN3O/c1-24-11-13-25(14-12-24)19-7-5-18(6-8-19)23-20(26)21(9-10-21)16-3-2-4-17(22)15-16/h2-8,15H,9-14H2,1H3,(H,23,26). The molecule has 1 heterocycles. The Morgan fingerprint density at radius 3 is 2.35 bits per heavy atom. The molecule has 2 fully saturated rings. The maximum atomic E-state index is 12.9. The van der Waals surface area contributed by atoms with Gasteiger partial charge in [-0.1, -0.05) is 23.7 Å². The first-order valence-corrected chi connectivity index (χ1v) is 9.56. The second-order valence-corrected chi connectivity index (χ2v) is 7.82. The smallest absolute Gasteiger partial charge is 0.235 e. The summed E-state index contributed by atoms with van der Waals surface area (Å²) in [7, 11) is 2.16. The van der Waals surface area contributed by atoms with Crippen molar-refractivity contribution < 1.29 is 4.79 Å². The first-order chi connectivity index (χ1) is 12.6. The lowest BCUT2D eigenvalue weighted by atomic mass is 9.95. The molecule has 26 heavy (non-hydrogen) atoms. The van der Waals surface area contributed by atoms with Crippen LogP contribution in [0.2, 0.25) is 5.02 Å². The third kappa shape index (κ3) is 3.44. The van der Waals surface area contributed by atoms with Gasteiger partial charge in [-0.3, -0.25) is 4.79 Å². The summed E-state index contributed by atoms with van der Waals surface area (Å²) in [5, 5.41) is 3.77. The molecule has 2 aromatic rings. The predicted octanol–water partition coefficient (Wildman–Crippen LogP) is 3.76. The van der Waals surface area contributed by atoms with E-state index in [2.05, 4.69) is 34.3 Å². The summed E-state index contributed by atoms with van der Waals surface area (Å²) >= 11 is 6.10. The second kappa shape index (κ2) is 6.93. The molecule has 0 unspecified atom stereocenters. The lowest BCUT2D eigenvalue weighted by Gasteiger charge is -2.34. The number of likely N-dealkylation sites (N-methyl/N-ethyl adjacent to an activating group) is 1. The number of carbonyl (C=O) groups excluding carboxylic acids is 1. The van der Waals surface area contributed by atoms with Crippen molar-refractivity contribution in [3.05, 3.63) is 59.1 Å². The third-order valence-electron chi connectivity index (χ3n) is 5.56. The number of rotatable bonds is 4. The van der Waals surface area contributed by atoms with Gasteiger partial charge in [-0.05, 0) is 61.9 Å². The predicted molar refractivity (Wildman–Crippen MR) is 107 cm³/mol. The van der Waals surface area contributed by atoms with Gasteiger partial charge in [0.25, 0.3) is 0 Å². The molecule has 1 N–H and O–H groups in total. The third-order valence-corrected chi connectivity index (χ3v) is 5.79. The Balaban J connectivity index is 1.43. The number of nitrogens with zero attached hydrogens (tertiary/aromatic N) is 2. The average molecular weight is 370 g/mol. The summed E-state index contributed by atoms with van der Waals surface area (Å²) in [5.41, 5.74) is 2.66. The van der Waals surface area contributed by atoms with Gasteiger partial charge in [0.05, 0.1) is 5.41 Å². The van der Waals surface area contributed by atoms with Gasteiger partial charge in [0, 0.05) is 42.6 Å². The van der Waals surface area contributed by atoms with E-state index in [-0.39, 0.29) is 5.91 Å². The highest BCUT2D eigenvalue weighted by molar-refractivity contribution is 6.30. The van der Waals surface area contributed by atoms with Crippen molar-refractivity contribution in [1.29, 1.82) is 0 Å². The monoisotopic (exact) mass is 369 g/mol. The zero-order valence-electron chi connectivity index (χ0n) is 15.0. The first-order valence-electron chi connectivity index (χ1n) is 9.18. The van der Waals surface area contributed by atoms with Crippen LogP contribution in [0.4, 0.5) is 11.4 Å². The summed E-state index contributed by atoms with van der Waals surface area (Å²) < 4.78 is 0. The summed E-state index contributed by atoms with van der Waals surface area (Å²) in [4.78, 5) is 17.6. The van der Waals surface area contributed by atoms with Gasteiger partial charge in [-0.15, -0.1) is 0 Å². The van der Waals surface area contributed by atoms with Gasteiger partial charge in [0.2, 0.25) is 5.91 Å². The van der Waals surface area contributed by atoms with Crippen LogP contribution < -0.4 is 10.2 Å². The Morgan fingerprint density at radius 1 is 1.04 bits per heavy atom. The zero-order chi connectivity index (χ0) is 18.1. The Bertz CT molecular complexity index is 793. The maximum Gasteiger partial charge on any atom is 0.235 e. The van der Waals surface area contributed by atoms with Gasteiger partial charge in [0.15, 0.2) is 0 Å². The molecule has 1 amide bonds. The Hall–Kier alpha value is -2.04. The highest BCUT2D eigenvalue weighted by Crippen LogP contribution is 2.49. The molecule has 2 aromatic carbocycles. The first kappa shape index (κ1) is 17.4. The molecule has 2 aliphatic rings. The highest BCUT2D eigenvalue weighted by atomic mass is 35.5. The van der Waals surface area contributed by atoms with Gasteiger partial charge in [0.1, 0.15) is 0 Å². The molecule has 0 bridgehead atoms. The molecule has 0 radical (unpaired) electrons. The van der Waals surface area contributed by atoms with E-state index in [0.29, 0.717) is 5.02 Å². The van der Waals surface area contributed by atoms with E-state index in [1.807, 2.05) is 36.4 Å². The minimum absolute atomic E-state index is 0.0621.